The van der Waals surface area contributed by atoms with Crippen LogP contribution in [0.3, 0.4) is 0 Å². The minimum Gasteiger partial charge on any atom is -0.361 e. The molecule has 4 aromatic rings. The summed E-state index contributed by atoms with van der Waals surface area (Å²) in [5.41, 5.74) is 6.32. The molecule has 0 N–H and O–H groups in total. The molecule has 0 spiro atoms. The van der Waals surface area contributed by atoms with E-state index in [4.69, 9.17) is 9.47 Å². The van der Waals surface area contributed by atoms with Gasteiger partial charge in [0, 0.05) is 11.1 Å². The van der Waals surface area contributed by atoms with Crippen LogP contribution in [0.25, 0.3) is 0 Å². The molecule has 2 heterocycles. The molecule has 0 radical (unpaired) electrons. The van der Waals surface area contributed by atoms with Crippen LogP contribution in [-0.2, 0) is 33.9 Å². The monoisotopic (exact) mass is 654 g/mol. The molecule has 252 valence electrons. The molecular weight excluding hydrogens is 610 g/mol. The first-order chi connectivity index (χ1) is 23.1. The van der Waals surface area contributed by atoms with Gasteiger partial charge < -0.3 is 19.3 Å². The third kappa shape index (κ3) is 7.63. The number of hydrogen-bond donors (Lipinski definition) is 0. The maximum Gasteiger partial charge on any atom is 0.150 e. The van der Waals surface area contributed by atoms with E-state index in [0.717, 1.165) is 84.7 Å². The van der Waals surface area contributed by atoms with Gasteiger partial charge in [0.05, 0.1) is 13.2 Å². The zero-order valence-corrected chi connectivity index (χ0v) is 28.2. The number of halogens is 2. The summed E-state index contributed by atoms with van der Waals surface area (Å²) in [6.45, 7) is 2.84. The van der Waals surface area contributed by atoms with Crippen molar-refractivity contribution in [3.05, 3.63) is 141 Å². The van der Waals surface area contributed by atoms with Crippen LogP contribution in [0.15, 0.2) is 84.9 Å². The van der Waals surface area contributed by atoms with Crippen molar-refractivity contribution < 1.29 is 27.8 Å². The van der Waals surface area contributed by atoms with Crippen molar-refractivity contribution in [1.82, 2.24) is 9.80 Å². The predicted octanol–water partition coefficient (Wildman–Crippen LogP) is 7.51. The SMILES string of the molecule is CN(C)CCC[C@@]1(c2ccc(F)cc2)OCc2cc(C=O)ccc21.CN(C)CCC[C@]1(c2ccc(F)cc2)OCc2cc(C=O)ccc21. The van der Waals surface area contributed by atoms with Gasteiger partial charge in [0.25, 0.3) is 0 Å². The van der Waals surface area contributed by atoms with Crippen LogP contribution in [0, 0.1) is 11.6 Å². The third-order valence-corrected chi connectivity index (χ3v) is 9.24. The highest BCUT2D eigenvalue weighted by Crippen LogP contribution is 2.47. The summed E-state index contributed by atoms with van der Waals surface area (Å²) < 4.78 is 39.3. The summed E-state index contributed by atoms with van der Waals surface area (Å²) >= 11 is 0. The molecule has 0 fully saturated rings. The molecule has 8 heteroatoms. The topological polar surface area (TPSA) is 59.1 Å². The normalized spacial score (nSPS) is 19.5. The van der Waals surface area contributed by atoms with Gasteiger partial charge >= 0.3 is 0 Å². The number of rotatable bonds is 12. The maximum atomic E-state index is 13.4. The fourth-order valence-corrected chi connectivity index (χ4v) is 6.86. The highest BCUT2D eigenvalue weighted by Gasteiger charge is 2.42. The average Bonchev–Trinajstić information content (AvgIpc) is 3.64. The van der Waals surface area contributed by atoms with Gasteiger partial charge in [-0.2, -0.15) is 0 Å². The first-order valence-corrected chi connectivity index (χ1v) is 16.4. The van der Waals surface area contributed by atoms with E-state index >= 15 is 0 Å². The van der Waals surface area contributed by atoms with Crippen molar-refractivity contribution in [2.24, 2.45) is 0 Å². The third-order valence-electron chi connectivity index (χ3n) is 9.24. The van der Waals surface area contributed by atoms with Crippen molar-refractivity contribution in [3.8, 4) is 0 Å². The second-order valence-corrected chi connectivity index (χ2v) is 13.1. The first-order valence-electron chi connectivity index (χ1n) is 16.4. The Morgan fingerprint density at radius 3 is 1.31 bits per heavy atom. The minimum atomic E-state index is -0.569. The van der Waals surface area contributed by atoms with Crippen LogP contribution in [0.5, 0.6) is 0 Å². The summed E-state index contributed by atoms with van der Waals surface area (Å²) in [6.07, 6.45) is 5.24. The standard InChI is InChI=1S/2C20H22FNO2/c2*1-22(2)11-3-10-20(17-5-7-18(21)8-6-17)19-9-4-15(13-23)12-16(19)14-24-20/h2*4-9,12-13H,3,10-11,14H2,1-2H3/t2*20-/m10/s1. The Labute approximate surface area is 282 Å². The van der Waals surface area contributed by atoms with Crippen molar-refractivity contribution >= 4 is 12.6 Å². The quantitative estimate of drug-likeness (QED) is 0.148. The average molecular weight is 655 g/mol. The van der Waals surface area contributed by atoms with Crippen molar-refractivity contribution in [3.63, 3.8) is 0 Å². The van der Waals surface area contributed by atoms with E-state index in [1.807, 2.05) is 64.6 Å². The number of carbonyl (C=O) groups is 2. The van der Waals surface area contributed by atoms with E-state index < -0.39 is 11.2 Å². The van der Waals surface area contributed by atoms with Crippen LogP contribution in [0.2, 0.25) is 0 Å². The van der Waals surface area contributed by atoms with Gasteiger partial charge in [0.1, 0.15) is 35.4 Å². The largest absolute Gasteiger partial charge is 0.361 e. The molecule has 2 aliphatic rings. The number of hydrogen-bond acceptors (Lipinski definition) is 6. The van der Waals surface area contributed by atoms with Crippen molar-refractivity contribution in [1.29, 1.82) is 0 Å². The van der Waals surface area contributed by atoms with Gasteiger partial charge in [0.2, 0.25) is 0 Å². The molecule has 6 rings (SSSR count). The van der Waals surface area contributed by atoms with Gasteiger partial charge in [-0.15, -0.1) is 0 Å². The fourth-order valence-electron chi connectivity index (χ4n) is 6.86. The van der Waals surface area contributed by atoms with E-state index in [1.54, 1.807) is 24.3 Å². The van der Waals surface area contributed by atoms with E-state index in [2.05, 4.69) is 9.80 Å². The second kappa shape index (κ2) is 15.4. The van der Waals surface area contributed by atoms with Crippen LogP contribution in [0.4, 0.5) is 8.78 Å². The molecule has 0 aliphatic carbocycles. The van der Waals surface area contributed by atoms with Gasteiger partial charge in [-0.3, -0.25) is 9.59 Å². The zero-order chi connectivity index (χ0) is 34.3. The van der Waals surface area contributed by atoms with Gasteiger partial charge in [0.15, 0.2) is 0 Å². The minimum absolute atomic E-state index is 0.253. The van der Waals surface area contributed by atoms with Gasteiger partial charge in [-0.25, -0.2) is 8.78 Å². The lowest BCUT2D eigenvalue weighted by atomic mass is 9.81. The van der Waals surface area contributed by atoms with Crippen molar-refractivity contribution in [2.75, 3.05) is 41.3 Å². The van der Waals surface area contributed by atoms with E-state index in [1.165, 1.54) is 24.3 Å². The molecule has 0 bridgehead atoms. The molecule has 6 nitrogen and oxygen atoms in total. The molecule has 0 saturated heterocycles. The number of benzene rings is 4. The molecule has 48 heavy (non-hydrogen) atoms. The van der Waals surface area contributed by atoms with Crippen LogP contribution >= 0.6 is 0 Å². The summed E-state index contributed by atoms with van der Waals surface area (Å²) in [4.78, 5) is 26.4. The van der Waals surface area contributed by atoms with Crippen LogP contribution in [0.1, 0.15) is 79.8 Å². The molecule has 0 amide bonds. The highest BCUT2D eigenvalue weighted by atomic mass is 19.1. The molecule has 4 aromatic carbocycles. The Bertz CT molecular complexity index is 1580. The Morgan fingerprint density at radius 1 is 0.604 bits per heavy atom. The Balaban J connectivity index is 0.000000188. The predicted molar refractivity (Wildman–Crippen MR) is 183 cm³/mol. The molecule has 2 aliphatic heterocycles. The lowest BCUT2D eigenvalue weighted by Gasteiger charge is -2.31. The summed E-state index contributed by atoms with van der Waals surface area (Å²) in [7, 11) is 8.18. The molecule has 0 aromatic heterocycles. The van der Waals surface area contributed by atoms with Crippen LogP contribution in [-0.4, -0.2) is 63.7 Å². The zero-order valence-electron chi connectivity index (χ0n) is 28.2. The molecule has 2 atom stereocenters. The molecule has 0 unspecified atom stereocenters. The number of nitrogens with zero attached hydrogens (tertiary/aromatic N) is 2. The van der Waals surface area contributed by atoms with Crippen LogP contribution < -0.4 is 0 Å². The fraction of sp³-hybridized carbons (Fsp3) is 0.350. The van der Waals surface area contributed by atoms with E-state index in [-0.39, 0.29) is 11.6 Å². The highest BCUT2D eigenvalue weighted by molar-refractivity contribution is 5.76. The molecule has 0 saturated carbocycles. The Hall–Kier alpha value is -4.08. The summed E-state index contributed by atoms with van der Waals surface area (Å²) in [5, 5.41) is 0. The van der Waals surface area contributed by atoms with E-state index in [9.17, 15) is 18.4 Å². The lowest BCUT2D eigenvalue weighted by molar-refractivity contribution is -0.0141. The molecular formula is C40H44F2N2O4. The van der Waals surface area contributed by atoms with Gasteiger partial charge in [-0.05, 0) is 137 Å². The smallest absolute Gasteiger partial charge is 0.150 e. The maximum absolute atomic E-state index is 13.4. The number of aldehydes is 2. The van der Waals surface area contributed by atoms with E-state index in [0.29, 0.717) is 24.3 Å². The summed E-state index contributed by atoms with van der Waals surface area (Å²) in [5.74, 6) is -0.506. The Morgan fingerprint density at radius 2 is 0.979 bits per heavy atom. The lowest BCUT2D eigenvalue weighted by Crippen LogP contribution is -2.28. The van der Waals surface area contributed by atoms with Gasteiger partial charge in [-0.1, -0.05) is 48.5 Å². The summed E-state index contributed by atoms with van der Waals surface area (Å²) in [6, 6.07) is 24.5. The number of fused-ring (bicyclic) bond motifs is 2. The second-order valence-electron chi connectivity index (χ2n) is 13.1. The first kappa shape index (κ1) is 35.2. The number of ether oxygens (including phenoxy) is 2. The number of carbonyl (C=O) groups excluding carboxylic acids is 2. The Kier molecular flexibility index (Phi) is 11.3. The van der Waals surface area contributed by atoms with Crippen molar-refractivity contribution in [2.45, 2.75) is 50.1 Å².